The Morgan fingerprint density at radius 2 is 2.04 bits per heavy atom. The van der Waals surface area contributed by atoms with Crippen molar-refractivity contribution in [2.75, 3.05) is 54.2 Å². The first-order valence-electron chi connectivity index (χ1n) is 8.00. The Hall–Kier alpha value is -1.34. The fraction of sp³-hybridized carbons (Fsp3) is 0.588. The summed E-state index contributed by atoms with van der Waals surface area (Å²) in [6.45, 7) is 3.32. The molecule has 0 saturated heterocycles. The Morgan fingerprint density at radius 3 is 2.71 bits per heavy atom. The van der Waals surface area contributed by atoms with E-state index in [1.165, 1.54) is 0 Å². The predicted octanol–water partition coefficient (Wildman–Crippen LogP) is 2.25. The number of nitrogens with one attached hydrogen (secondary N) is 2. The molecule has 0 aromatic heterocycles. The Morgan fingerprint density at radius 1 is 1.21 bits per heavy atom. The van der Waals surface area contributed by atoms with Crippen molar-refractivity contribution in [1.82, 2.24) is 10.6 Å². The normalized spacial score (nSPS) is 12.9. The first-order chi connectivity index (χ1) is 11.7. The minimum absolute atomic E-state index is 0.0976. The number of benzene rings is 1. The Bertz CT molecular complexity index is 486. The van der Waals surface area contributed by atoms with Crippen LogP contribution in [0.2, 0.25) is 5.02 Å². The molecule has 0 aliphatic heterocycles. The molecular weight excluding hydrogens is 330 g/mol. The maximum Gasteiger partial charge on any atom is 0.191 e. The molecule has 1 aromatic rings. The third-order valence-corrected chi connectivity index (χ3v) is 3.61. The van der Waals surface area contributed by atoms with E-state index in [0.717, 1.165) is 24.5 Å². The number of nitrogens with zero attached hydrogens (tertiary/aromatic N) is 1. The minimum atomic E-state index is -0.0976. The SMILES string of the molecule is CN=C(NCCCOCCOC)NCC(OC)c1cccc(Cl)c1. The number of methoxy groups -OCH3 is 2. The van der Waals surface area contributed by atoms with Gasteiger partial charge in [0.2, 0.25) is 0 Å². The topological polar surface area (TPSA) is 64.1 Å². The van der Waals surface area contributed by atoms with Crippen LogP contribution in [0.4, 0.5) is 0 Å². The second kappa shape index (κ2) is 13.0. The van der Waals surface area contributed by atoms with E-state index in [9.17, 15) is 0 Å². The molecule has 0 bridgehead atoms. The highest BCUT2D eigenvalue weighted by Crippen LogP contribution is 2.19. The lowest BCUT2D eigenvalue weighted by Crippen LogP contribution is -2.40. The summed E-state index contributed by atoms with van der Waals surface area (Å²) >= 11 is 6.03. The van der Waals surface area contributed by atoms with E-state index in [2.05, 4.69) is 15.6 Å². The van der Waals surface area contributed by atoms with Crippen LogP contribution in [-0.2, 0) is 14.2 Å². The van der Waals surface area contributed by atoms with Crippen molar-refractivity contribution in [3.05, 3.63) is 34.9 Å². The highest BCUT2D eigenvalue weighted by atomic mass is 35.5. The summed E-state index contributed by atoms with van der Waals surface area (Å²) in [7, 11) is 5.09. The molecule has 0 amide bonds. The molecule has 136 valence electrons. The smallest absolute Gasteiger partial charge is 0.191 e. The van der Waals surface area contributed by atoms with Crippen LogP contribution in [0.15, 0.2) is 29.3 Å². The number of hydrogen-bond donors (Lipinski definition) is 2. The largest absolute Gasteiger partial charge is 0.382 e. The third kappa shape index (κ3) is 8.49. The number of hydrogen-bond acceptors (Lipinski definition) is 4. The summed E-state index contributed by atoms with van der Waals surface area (Å²) in [6, 6.07) is 7.67. The second-order valence-electron chi connectivity index (χ2n) is 5.12. The summed E-state index contributed by atoms with van der Waals surface area (Å²) in [4.78, 5) is 4.20. The quantitative estimate of drug-likeness (QED) is 0.361. The highest BCUT2D eigenvalue weighted by molar-refractivity contribution is 6.30. The van der Waals surface area contributed by atoms with Crippen molar-refractivity contribution in [3.8, 4) is 0 Å². The van der Waals surface area contributed by atoms with Crippen molar-refractivity contribution in [2.45, 2.75) is 12.5 Å². The van der Waals surface area contributed by atoms with Gasteiger partial charge in [-0.25, -0.2) is 0 Å². The van der Waals surface area contributed by atoms with Gasteiger partial charge in [0.15, 0.2) is 5.96 Å². The zero-order valence-corrected chi connectivity index (χ0v) is 15.4. The molecule has 2 N–H and O–H groups in total. The molecule has 0 aliphatic rings. The van der Waals surface area contributed by atoms with Crippen LogP contribution in [0, 0.1) is 0 Å². The molecule has 0 spiro atoms. The second-order valence-corrected chi connectivity index (χ2v) is 5.55. The minimum Gasteiger partial charge on any atom is -0.382 e. The van der Waals surface area contributed by atoms with Gasteiger partial charge in [0.25, 0.3) is 0 Å². The number of aliphatic imine (C=N–C) groups is 1. The van der Waals surface area contributed by atoms with E-state index in [-0.39, 0.29) is 6.10 Å². The van der Waals surface area contributed by atoms with Crippen molar-refractivity contribution in [1.29, 1.82) is 0 Å². The summed E-state index contributed by atoms with van der Waals surface area (Å²) < 4.78 is 15.9. The zero-order chi connectivity index (χ0) is 17.6. The molecule has 24 heavy (non-hydrogen) atoms. The van der Waals surface area contributed by atoms with Gasteiger partial charge in [-0.3, -0.25) is 4.99 Å². The van der Waals surface area contributed by atoms with Gasteiger partial charge in [-0.05, 0) is 24.1 Å². The average Bonchev–Trinajstić information content (AvgIpc) is 2.59. The van der Waals surface area contributed by atoms with Gasteiger partial charge in [0, 0.05) is 46.0 Å². The summed E-state index contributed by atoms with van der Waals surface area (Å²) in [5, 5.41) is 7.21. The molecule has 1 atom stereocenters. The van der Waals surface area contributed by atoms with Crippen molar-refractivity contribution < 1.29 is 14.2 Å². The van der Waals surface area contributed by atoms with Crippen LogP contribution in [0.3, 0.4) is 0 Å². The molecular formula is C17H28ClN3O3. The maximum atomic E-state index is 6.03. The van der Waals surface area contributed by atoms with E-state index in [1.807, 2.05) is 24.3 Å². The van der Waals surface area contributed by atoms with Crippen molar-refractivity contribution in [3.63, 3.8) is 0 Å². The molecule has 0 heterocycles. The van der Waals surface area contributed by atoms with E-state index in [1.54, 1.807) is 21.3 Å². The molecule has 1 aromatic carbocycles. The van der Waals surface area contributed by atoms with Crippen LogP contribution in [-0.4, -0.2) is 60.1 Å². The summed E-state index contributed by atoms with van der Waals surface area (Å²) in [6.07, 6.45) is 0.798. The third-order valence-electron chi connectivity index (χ3n) is 3.37. The Labute approximate surface area is 149 Å². The summed E-state index contributed by atoms with van der Waals surface area (Å²) in [5.74, 6) is 0.732. The van der Waals surface area contributed by atoms with Crippen LogP contribution < -0.4 is 10.6 Å². The van der Waals surface area contributed by atoms with Gasteiger partial charge in [-0.2, -0.15) is 0 Å². The summed E-state index contributed by atoms with van der Waals surface area (Å²) in [5.41, 5.74) is 1.03. The van der Waals surface area contributed by atoms with E-state index in [4.69, 9.17) is 25.8 Å². The molecule has 1 unspecified atom stereocenters. The van der Waals surface area contributed by atoms with Gasteiger partial charge in [-0.15, -0.1) is 0 Å². The predicted molar refractivity (Wildman–Crippen MR) is 97.9 cm³/mol. The van der Waals surface area contributed by atoms with Crippen molar-refractivity contribution >= 4 is 17.6 Å². The Kier molecular flexibility index (Phi) is 11.2. The molecule has 6 nitrogen and oxygen atoms in total. The first-order valence-corrected chi connectivity index (χ1v) is 8.38. The first kappa shape index (κ1) is 20.7. The number of guanidine groups is 1. The monoisotopic (exact) mass is 357 g/mol. The van der Waals surface area contributed by atoms with Crippen LogP contribution in [0.1, 0.15) is 18.1 Å². The molecule has 1 rings (SSSR count). The maximum absolute atomic E-state index is 6.03. The van der Waals surface area contributed by atoms with E-state index < -0.39 is 0 Å². The fourth-order valence-corrected chi connectivity index (χ4v) is 2.28. The van der Waals surface area contributed by atoms with Crippen LogP contribution in [0.5, 0.6) is 0 Å². The lowest BCUT2D eigenvalue weighted by Gasteiger charge is -2.19. The van der Waals surface area contributed by atoms with Crippen molar-refractivity contribution in [2.24, 2.45) is 4.99 Å². The van der Waals surface area contributed by atoms with Gasteiger partial charge in [-0.1, -0.05) is 23.7 Å². The molecule has 7 heteroatoms. The standard InChI is InChI=1S/C17H28ClN3O3/c1-19-17(20-8-5-9-24-11-10-22-2)21-13-16(23-3)14-6-4-7-15(18)12-14/h4,6-7,12,16H,5,8-11,13H2,1-3H3,(H2,19,20,21). The highest BCUT2D eigenvalue weighted by Gasteiger charge is 2.11. The average molecular weight is 358 g/mol. The lowest BCUT2D eigenvalue weighted by atomic mass is 10.1. The van der Waals surface area contributed by atoms with E-state index >= 15 is 0 Å². The van der Waals surface area contributed by atoms with Gasteiger partial charge < -0.3 is 24.8 Å². The Balaban J connectivity index is 2.29. The van der Waals surface area contributed by atoms with Crippen LogP contribution in [0.25, 0.3) is 0 Å². The lowest BCUT2D eigenvalue weighted by molar-refractivity contribution is 0.0698. The van der Waals surface area contributed by atoms with Gasteiger partial charge in [0.1, 0.15) is 0 Å². The fourth-order valence-electron chi connectivity index (χ4n) is 2.08. The number of ether oxygens (including phenoxy) is 3. The number of rotatable bonds is 11. The zero-order valence-electron chi connectivity index (χ0n) is 14.7. The molecule has 0 saturated carbocycles. The van der Waals surface area contributed by atoms with E-state index in [0.29, 0.717) is 31.4 Å². The molecule has 0 aliphatic carbocycles. The molecule has 0 radical (unpaired) electrons. The van der Waals surface area contributed by atoms with Crippen LogP contribution >= 0.6 is 11.6 Å². The number of halogens is 1. The molecule has 0 fully saturated rings. The van der Waals surface area contributed by atoms with Gasteiger partial charge >= 0.3 is 0 Å². The van der Waals surface area contributed by atoms with Gasteiger partial charge in [0.05, 0.1) is 19.3 Å².